The van der Waals surface area contributed by atoms with Gasteiger partial charge in [0.05, 0.1) is 6.10 Å². The second-order valence-corrected chi connectivity index (χ2v) is 5.36. The van der Waals surface area contributed by atoms with Crippen molar-refractivity contribution >= 4 is 11.7 Å². The lowest BCUT2D eigenvalue weighted by Crippen LogP contribution is -2.32. The molecule has 0 aliphatic heterocycles. The van der Waals surface area contributed by atoms with Crippen LogP contribution in [0.25, 0.3) is 0 Å². The number of carbonyl (C=O) groups excluding carboxylic acids is 1. The van der Waals surface area contributed by atoms with E-state index < -0.39 is 0 Å². The molecule has 0 spiro atoms. The molecule has 1 unspecified atom stereocenters. The van der Waals surface area contributed by atoms with Crippen LogP contribution in [0, 0.1) is 19.8 Å². The normalized spacial score (nSPS) is 12.3. The molecule has 106 valence electrons. The van der Waals surface area contributed by atoms with Crippen molar-refractivity contribution in [2.75, 3.05) is 11.9 Å². The number of hydrogen-bond acceptors (Lipinski definition) is 2. The van der Waals surface area contributed by atoms with Crippen LogP contribution in [0.1, 0.15) is 31.4 Å². The van der Waals surface area contributed by atoms with Gasteiger partial charge >= 0.3 is 6.03 Å². The summed E-state index contributed by atoms with van der Waals surface area (Å²) in [5.74, 6) is 0.212. The molecule has 0 heterocycles. The fourth-order valence-corrected chi connectivity index (χ4v) is 1.89. The van der Waals surface area contributed by atoms with Crippen molar-refractivity contribution in [3.8, 4) is 0 Å². The highest BCUT2D eigenvalue weighted by molar-refractivity contribution is 5.89. The molecule has 0 radical (unpaired) electrons. The van der Waals surface area contributed by atoms with Gasteiger partial charge in [-0.1, -0.05) is 19.9 Å². The molecule has 1 aromatic rings. The SMILES string of the molecule is Cc1cc(C)cc(NC(=O)NCCC(O)C(C)C)c1. The summed E-state index contributed by atoms with van der Waals surface area (Å²) in [5, 5.41) is 15.2. The van der Waals surface area contributed by atoms with E-state index in [2.05, 4.69) is 16.7 Å². The van der Waals surface area contributed by atoms with Gasteiger partial charge in [0, 0.05) is 12.2 Å². The number of benzene rings is 1. The molecule has 4 nitrogen and oxygen atoms in total. The number of urea groups is 1. The summed E-state index contributed by atoms with van der Waals surface area (Å²) in [6.07, 6.45) is 0.194. The van der Waals surface area contributed by atoms with Gasteiger partial charge in [0.15, 0.2) is 0 Å². The lowest BCUT2D eigenvalue weighted by Gasteiger charge is -2.15. The van der Waals surface area contributed by atoms with Crippen molar-refractivity contribution < 1.29 is 9.90 Å². The zero-order valence-corrected chi connectivity index (χ0v) is 12.2. The van der Waals surface area contributed by atoms with Gasteiger partial charge in [-0.05, 0) is 49.4 Å². The quantitative estimate of drug-likeness (QED) is 0.766. The van der Waals surface area contributed by atoms with Gasteiger partial charge in [-0.15, -0.1) is 0 Å². The minimum Gasteiger partial charge on any atom is -0.393 e. The maximum absolute atomic E-state index is 11.7. The molecule has 0 aromatic heterocycles. The molecule has 0 aliphatic rings. The van der Waals surface area contributed by atoms with Crippen LogP contribution in [0.2, 0.25) is 0 Å². The first-order valence-corrected chi connectivity index (χ1v) is 6.69. The van der Waals surface area contributed by atoms with E-state index in [4.69, 9.17) is 0 Å². The monoisotopic (exact) mass is 264 g/mol. The molecule has 3 N–H and O–H groups in total. The Morgan fingerprint density at radius 1 is 1.21 bits per heavy atom. The Morgan fingerprint density at radius 3 is 2.32 bits per heavy atom. The highest BCUT2D eigenvalue weighted by atomic mass is 16.3. The molecule has 0 fully saturated rings. The minimum absolute atomic E-state index is 0.212. The third-order valence-electron chi connectivity index (χ3n) is 2.97. The highest BCUT2D eigenvalue weighted by Gasteiger charge is 2.09. The molecule has 0 saturated carbocycles. The first-order chi connectivity index (χ1) is 8.88. The van der Waals surface area contributed by atoms with Gasteiger partial charge in [0.2, 0.25) is 0 Å². The van der Waals surface area contributed by atoms with Crippen molar-refractivity contribution in [2.24, 2.45) is 5.92 Å². The number of rotatable bonds is 5. The van der Waals surface area contributed by atoms with Crippen molar-refractivity contribution in [3.05, 3.63) is 29.3 Å². The Morgan fingerprint density at radius 2 is 1.79 bits per heavy atom. The topological polar surface area (TPSA) is 61.4 Å². The third-order valence-corrected chi connectivity index (χ3v) is 2.97. The predicted molar refractivity (Wildman–Crippen MR) is 78.4 cm³/mol. The molecular formula is C15H24N2O2. The summed E-state index contributed by atoms with van der Waals surface area (Å²) in [4.78, 5) is 11.7. The van der Waals surface area contributed by atoms with Crippen LogP contribution in [0.15, 0.2) is 18.2 Å². The summed E-state index contributed by atoms with van der Waals surface area (Å²) in [7, 11) is 0. The Labute approximate surface area is 115 Å². The molecule has 1 atom stereocenters. The zero-order chi connectivity index (χ0) is 14.4. The minimum atomic E-state index is -0.374. The van der Waals surface area contributed by atoms with Crippen LogP contribution in [0.5, 0.6) is 0 Å². The van der Waals surface area contributed by atoms with Crippen molar-refractivity contribution in [1.29, 1.82) is 0 Å². The van der Waals surface area contributed by atoms with E-state index in [1.54, 1.807) is 0 Å². The van der Waals surface area contributed by atoms with Gasteiger partial charge in [0.1, 0.15) is 0 Å². The predicted octanol–water partition coefficient (Wildman–Crippen LogP) is 2.83. The Balaban J connectivity index is 2.39. The molecule has 0 saturated heterocycles. The van der Waals surface area contributed by atoms with E-state index in [9.17, 15) is 9.90 Å². The second-order valence-electron chi connectivity index (χ2n) is 5.36. The number of amides is 2. The molecule has 1 rings (SSSR count). The van der Waals surface area contributed by atoms with Crippen LogP contribution in [0.4, 0.5) is 10.5 Å². The smallest absolute Gasteiger partial charge is 0.319 e. The fourth-order valence-electron chi connectivity index (χ4n) is 1.89. The zero-order valence-electron chi connectivity index (χ0n) is 12.2. The van der Waals surface area contributed by atoms with Crippen LogP contribution in [0.3, 0.4) is 0 Å². The van der Waals surface area contributed by atoms with E-state index >= 15 is 0 Å². The Hall–Kier alpha value is -1.55. The van der Waals surface area contributed by atoms with E-state index in [1.165, 1.54) is 0 Å². The Kier molecular flexibility index (Phi) is 5.83. The molecule has 0 bridgehead atoms. The Bertz CT molecular complexity index is 410. The number of anilines is 1. The number of nitrogens with one attached hydrogen (secondary N) is 2. The first-order valence-electron chi connectivity index (χ1n) is 6.69. The van der Waals surface area contributed by atoms with Crippen molar-refractivity contribution in [3.63, 3.8) is 0 Å². The lowest BCUT2D eigenvalue weighted by atomic mass is 10.0. The van der Waals surface area contributed by atoms with Crippen molar-refractivity contribution in [2.45, 2.75) is 40.2 Å². The second kappa shape index (κ2) is 7.14. The van der Waals surface area contributed by atoms with E-state index in [0.717, 1.165) is 16.8 Å². The molecule has 4 heteroatoms. The summed E-state index contributed by atoms with van der Waals surface area (Å²) < 4.78 is 0. The number of aliphatic hydroxyl groups excluding tert-OH is 1. The number of aliphatic hydroxyl groups is 1. The summed E-state index contributed by atoms with van der Waals surface area (Å²) in [5.41, 5.74) is 3.02. The van der Waals surface area contributed by atoms with Gasteiger partial charge in [0.25, 0.3) is 0 Å². The van der Waals surface area contributed by atoms with Crippen LogP contribution < -0.4 is 10.6 Å². The first kappa shape index (κ1) is 15.5. The fraction of sp³-hybridized carbons (Fsp3) is 0.533. The molecule has 19 heavy (non-hydrogen) atoms. The summed E-state index contributed by atoms with van der Waals surface area (Å²) >= 11 is 0. The maximum Gasteiger partial charge on any atom is 0.319 e. The molecule has 2 amide bonds. The van der Waals surface area contributed by atoms with Gasteiger partial charge < -0.3 is 15.7 Å². The maximum atomic E-state index is 11.7. The van der Waals surface area contributed by atoms with Gasteiger partial charge in [-0.25, -0.2) is 4.79 Å². The van der Waals surface area contributed by atoms with Crippen LogP contribution in [-0.2, 0) is 0 Å². The van der Waals surface area contributed by atoms with E-state index in [0.29, 0.717) is 13.0 Å². The largest absolute Gasteiger partial charge is 0.393 e. The van der Waals surface area contributed by atoms with E-state index in [-0.39, 0.29) is 18.1 Å². The molecule has 0 aliphatic carbocycles. The lowest BCUT2D eigenvalue weighted by molar-refractivity contribution is 0.117. The van der Waals surface area contributed by atoms with Gasteiger partial charge in [-0.2, -0.15) is 0 Å². The standard InChI is InChI=1S/C15H24N2O2/c1-10(2)14(18)5-6-16-15(19)17-13-8-11(3)7-12(4)9-13/h7-10,14,18H,5-6H2,1-4H3,(H2,16,17,19). The number of aryl methyl sites for hydroxylation is 2. The number of hydrogen-bond donors (Lipinski definition) is 3. The van der Waals surface area contributed by atoms with Gasteiger partial charge in [-0.3, -0.25) is 0 Å². The van der Waals surface area contributed by atoms with Crippen LogP contribution in [-0.4, -0.2) is 23.8 Å². The summed E-state index contributed by atoms with van der Waals surface area (Å²) in [6.45, 7) is 8.38. The van der Waals surface area contributed by atoms with Crippen LogP contribution >= 0.6 is 0 Å². The summed E-state index contributed by atoms with van der Waals surface area (Å²) in [6, 6.07) is 5.67. The van der Waals surface area contributed by atoms with Crippen molar-refractivity contribution in [1.82, 2.24) is 5.32 Å². The average molecular weight is 264 g/mol. The average Bonchev–Trinajstić information content (AvgIpc) is 2.26. The molecular weight excluding hydrogens is 240 g/mol. The van der Waals surface area contributed by atoms with E-state index in [1.807, 2.05) is 39.8 Å². The highest BCUT2D eigenvalue weighted by Crippen LogP contribution is 2.13. The number of carbonyl (C=O) groups is 1. The molecule has 1 aromatic carbocycles. The third kappa shape index (κ3) is 5.75.